The van der Waals surface area contributed by atoms with Gasteiger partial charge in [0.2, 0.25) is 0 Å². The number of carbonyl (C=O) groups is 2. The van der Waals surface area contributed by atoms with Crippen molar-refractivity contribution >= 4 is 23.4 Å². The van der Waals surface area contributed by atoms with Crippen molar-refractivity contribution in [3.63, 3.8) is 0 Å². The first-order valence-electron chi connectivity index (χ1n) is 10.7. The van der Waals surface area contributed by atoms with Crippen LogP contribution in [0.5, 0.6) is 0 Å². The highest BCUT2D eigenvalue weighted by Crippen LogP contribution is 2.33. The topological polar surface area (TPSA) is 55.2 Å². The van der Waals surface area contributed by atoms with Gasteiger partial charge in [0.25, 0.3) is 11.8 Å². The van der Waals surface area contributed by atoms with E-state index in [1.165, 1.54) is 9.58 Å². The minimum atomic E-state index is -4.60. The maximum Gasteiger partial charge on any atom is 0.435 e. The number of hydrogen-bond donors (Lipinski definition) is 0. The average Bonchev–Trinajstić information content (AvgIpc) is 3.40. The van der Waals surface area contributed by atoms with Gasteiger partial charge >= 0.3 is 6.18 Å². The van der Waals surface area contributed by atoms with Crippen molar-refractivity contribution in [1.82, 2.24) is 14.7 Å². The van der Waals surface area contributed by atoms with Crippen molar-refractivity contribution in [2.45, 2.75) is 12.6 Å². The summed E-state index contributed by atoms with van der Waals surface area (Å²) in [5, 5.41) is 4.23. The minimum absolute atomic E-state index is 0.201. The molecule has 3 aromatic carbocycles. The molecule has 35 heavy (non-hydrogen) atoms. The Morgan fingerprint density at radius 1 is 0.829 bits per heavy atom. The van der Waals surface area contributed by atoms with Gasteiger partial charge in [0.05, 0.1) is 22.5 Å². The molecule has 0 bridgehead atoms. The van der Waals surface area contributed by atoms with E-state index in [1.54, 1.807) is 72.8 Å². The SMILES string of the molecule is O=C1c2ccccc2C(=O)N1CCc1ccc(-c2cc(C(F)(F)F)nn2-c2ccc(Cl)cc2)cc1. The Hall–Kier alpha value is -3.91. The summed E-state index contributed by atoms with van der Waals surface area (Å²) in [5.74, 6) is -0.650. The zero-order valence-electron chi connectivity index (χ0n) is 18.1. The van der Waals surface area contributed by atoms with E-state index >= 15 is 0 Å². The number of alkyl halides is 3. The summed E-state index contributed by atoms with van der Waals surface area (Å²) in [6.45, 7) is 0.201. The van der Waals surface area contributed by atoms with Crippen LogP contribution in [0.25, 0.3) is 16.9 Å². The maximum atomic E-state index is 13.4. The summed E-state index contributed by atoms with van der Waals surface area (Å²) < 4.78 is 41.4. The number of nitrogens with zero attached hydrogens (tertiary/aromatic N) is 3. The molecule has 0 radical (unpaired) electrons. The highest BCUT2D eigenvalue weighted by Gasteiger charge is 2.36. The molecular formula is C26H17ClF3N3O2. The summed E-state index contributed by atoms with van der Waals surface area (Å²) in [5.41, 5.74) is 1.86. The molecule has 4 aromatic rings. The van der Waals surface area contributed by atoms with Crippen molar-refractivity contribution in [3.8, 4) is 16.9 Å². The molecule has 0 aliphatic carbocycles. The predicted molar refractivity (Wildman–Crippen MR) is 125 cm³/mol. The fourth-order valence-corrected chi connectivity index (χ4v) is 4.16. The molecular weight excluding hydrogens is 479 g/mol. The lowest BCUT2D eigenvalue weighted by Gasteiger charge is -2.14. The standard InChI is InChI=1S/C26H17ClF3N3O2/c27-18-9-11-19(12-10-18)33-22(15-23(31-33)26(28,29)30)17-7-5-16(6-8-17)13-14-32-24(34)20-3-1-2-4-21(20)25(32)35/h1-12,15H,13-14H2. The first-order chi connectivity index (χ1) is 16.7. The van der Waals surface area contributed by atoms with Gasteiger partial charge in [-0.2, -0.15) is 18.3 Å². The molecule has 176 valence electrons. The lowest BCUT2D eigenvalue weighted by molar-refractivity contribution is -0.141. The van der Waals surface area contributed by atoms with Crippen LogP contribution in [-0.2, 0) is 12.6 Å². The van der Waals surface area contributed by atoms with E-state index in [0.717, 1.165) is 11.6 Å². The molecule has 0 atom stereocenters. The number of hydrogen-bond acceptors (Lipinski definition) is 3. The first kappa shape index (κ1) is 22.9. The van der Waals surface area contributed by atoms with Crippen LogP contribution in [0.2, 0.25) is 5.02 Å². The second-order valence-electron chi connectivity index (χ2n) is 8.06. The molecule has 1 aliphatic rings. The zero-order chi connectivity index (χ0) is 24.7. The van der Waals surface area contributed by atoms with Crippen LogP contribution in [0, 0.1) is 0 Å². The highest BCUT2D eigenvalue weighted by molar-refractivity contribution is 6.30. The fraction of sp³-hybridized carbons (Fsp3) is 0.115. The van der Waals surface area contributed by atoms with Crippen LogP contribution in [0.3, 0.4) is 0 Å². The van der Waals surface area contributed by atoms with Crippen molar-refractivity contribution < 1.29 is 22.8 Å². The number of aromatic nitrogens is 2. The zero-order valence-corrected chi connectivity index (χ0v) is 18.8. The number of benzene rings is 3. The summed E-state index contributed by atoms with van der Waals surface area (Å²) in [6.07, 6.45) is -4.19. The lowest BCUT2D eigenvalue weighted by Crippen LogP contribution is -2.31. The molecule has 0 spiro atoms. The van der Waals surface area contributed by atoms with E-state index in [2.05, 4.69) is 5.10 Å². The van der Waals surface area contributed by atoms with Gasteiger partial charge in [-0.15, -0.1) is 0 Å². The van der Waals surface area contributed by atoms with Gasteiger partial charge in [0.15, 0.2) is 5.69 Å². The number of carbonyl (C=O) groups excluding carboxylic acids is 2. The monoisotopic (exact) mass is 495 g/mol. The molecule has 0 fully saturated rings. The van der Waals surface area contributed by atoms with Crippen LogP contribution < -0.4 is 0 Å². The number of fused-ring (bicyclic) bond motifs is 1. The molecule has 1 aromatic heterocycles. The second kappa shape index (κ2) is 8.70. The lowest BCUT2D eigenvalue weighted by atomic mass is 10.1. The van der Waals surface area contributed by atoms with Crippen molar-refractivity contribution in [2.75, 3.05) is 6.54 Å². The van der Waals surface area contributed by atoms with Gasteiger partial charge in [-0.3, -0.25) is 14.5 Å². The fourth-order valence-electron chi connectivity index (χ4n) is 4.03. The van der Waals surface area contributed by atoms with Gasteiger partial charge in [0, 0.05) is 17.1 Å². The third-order valence-electron chi connectivity index (χ3n) is 5.82. The van der Waals surface area contributed by atoms with Crippen molar-refractivity contribution in [3.05, 3.63) is 106 Å². The van der Waals surface area contributed by atoms with Crippen LogP contribution in [0.4, 0.5) is 13.2 Å². The van der Waals surface area contributed by atoms with E-state index < -0.39 is 11.9 Å². The van der Waals surface area contributed by atoms with Crippen molar-refractivity contribution in [2.24, 2.45) is 0 Å². The Balaban J connectivity index is 1.38. The Labute approximate surface area is 203 Å². The normalized spacial score (nSPS) is 13.4. The molecule has 0 unspecified atom stereocenters. The van der Waals surface area contributed by atoms with Gasteiger partial charge in [-0.1, -0.05) is 48.0 Å². The smallest absolute Gasteiger partial charge is 0.274 e. The second-order valence-corrected chi connectivity index (χ2v) is 8.49. The molecule has 0 saturated heterocycles. The summed E-state index contributed by atoms with van der Waals surface area (Å²) in [6, 6.07) is 21.0. The Morgan fingerprint density at radius 2 is 1.43 bits per heavy atom. The summed E-state index contributed by atoms with van der Waals surface area (Å²) >= 11 is 5.92. The largest absolute Gasteiger partial charge is 0.435 e. The number of imide groups is 1. The molecule has 0 saturated carbocycles. The Morgan fingerprint density at radius 3 is 2.00 bits per heavy atom. The van der Waals surface area contributed by atoms with E-state index in [1.807, 2.05) is 0 Å². The molecule has 0 N–H and O–H groups in total. The molecule has 2 heterocycles. The Bertz CT molecular complexity index is 1390. The number of amides is 2. The highest BCUT2D eigenvalue weighted by atomic mass is 35.5. The summed E-state index contributed by atoms with van der Waals surface area (Å²) in [4.78, 5) is 26.3. The van der Waals surface area contributed by atoms with E-state index in [9.17, 15) is 22.8 Å². The molecule has 9 heteroatoms. The van der Waals surface area contributed by atoms with E-state index in [0.29, 0.717) is 33.8 Å². The molecule has 5 nitrogen and oxygen atoms in total. The van der Waals surface area contributed by atoms with Crippen LogP contribution in [0.15, 0.2) is 78.9 Å². The van der Waals surface area contributed by atoms with Crippen molar-refractivity contribution in [1.29, 1.82) is 0 Å². The predicted octanol–water partition coefficient (Wildman–Crippen LogP) is 6.05. The third kappa shape index (κ3) is 4.33. The third-order valence-corrected chi connectivity index (χ3v) is 6.07. The number of halogens is 4. The average molecular weight is 496 g/mol. The minimum Gasteiger partial charge on any atom is -0.274 e. The van der Waals surface area contributed by atoms with Crippen LogP contribution in [-0.4, -0.2) is 33.0 Å². The first-order valence-corrected chi connectivity index (χ1v) is 11.1. The van der Waals surface area contributed by atoms with E-state index in [-0.39, 0.29) is 24.1 Å². The maximum absolute atomic E-state index is 13.4. The van der Waals surface area contributed by atoms with Crippen LogP contribution in [0.1, 0.15) is 32.0 Å². The molecule has 2 amide bonds. The van der Waals surface area contributed by atoms with Crippen LogP contribution >= 0.6 is 11.6 Å². The molecule has 5 rings (SSSR count). The van der Waals surface area contributed by atoms with Gasteiger partial charge in [-0.05, 0) is 54.4 Å². The van der Waals surface area contributed by atoms with Gasteiger partial charge < -0.3 is 0 Å². The quantitative estimate of drug-likeness (QED) is 0.317. The number of rotatable bonds is 5. The molecule has 1 aliphatic heterocycles. The van der Waals surface area contributed by atoms with Gasteiger partial charge in [0.1, 0.15) is 0 Å². The van der Waals surface area contributed by atoms with Gasteiger partial charge in [-0.25, -0.2) is 4.68 Å². The van der Waals surface area contributed by atoms with E-state index in [4.69, 9.17) is 11.6 Å². The Kier molecular flexibility index (Phi) is 5.68. The summed E-state index contributed by atoms with van der Waals surface area (Å²) in [7, 11) is 0.